The highest BCUT2D eigenvalue weighted by Gasteiger charge is 2.06. The number of benzene rings is 3. The van der Waals surface area contributed by atoms with Gasteiger partial charge >= 0.3 is 0 Å². The number of allylic oxidation sites excluding steroid dienone is 2. The van der Waals surface area contributed by atoms with E-state index in [1.165, 1.54) is 11.1 Å². The second kappa shape index (κ2) is 7.67. The van der Waals surface area contributed by atoms with Crippen LogP contribution in [-0.4, -0.2) is 5.11 Å². The highest BCUT2D eigenvalue weighted by atomic mass is 16.3. The molecule has 3 aromatic rings. The summed E-state index contributed by atoms with van der Waals surface area (Å²) in [4.78, 5) is 0. The van der Waals surface area contributed by atoms with E-state index in [0.29, 0.717) is 5.75 Å². The Labute approximate surface area is 149 Å². The molecule has 0 aliphatic rings. The summed E-state index contributed by atoms with van der Waals surface area (Å²) in [6.45, 7) is 4.13. The normalized spacial score (nSPS) is 12.2. The third-order valence-electron chi connectivity index (χ3n) is 4.24. The first kappa shape index (κ1) is 16.8. The first-order valence-electron chi connectivity index (χ1n) is 8.44. The molecule has 0 radical (unpaired) electrons. The molecule has 3 aromatic carbocycles. The van der Waals surface area contributed by atoms with E-state index < -0.39 is 0 Å². The molecule has 0 unspecified atom stereocenters. The van der Waals surface area contributed by atoms with Gasteiger partial charge in [-0.1, -0.05) is 78.9 Å². The summed E-state index contributed by atoms with van der Waals surface area (Å²) in [5.74, 6) is 0.306. The van der Waals surface area contributed by atoms with Crippen LogP contribution in [0.2, 0.25) is 0 Å². The topological polar surface area (TPSA) is 20.2 Å². The lowest BCUT2D eigenvalue weighted by Crippen LogP contribution is -1.87. The first-order valence-corrected chi connectivity index (χ1v) is 8.44. The molecule has 1 heteroatoms. The van der Waals surface area contributed by atoms with E-state index in [-0.39, 0.29) is 0 Å². The van der Waals surface area contributed by atoms with Gasteiger partial charge in [0.25, 0.3) is 0 Å². The lowest BCUT2D eigenvalue weighted by molar-refractivity contribution is 0.473. The Morgan fingerprint density at radius 2 is 1.20 bits per heavy atom. The van der Waals surface area contributed by atoms with E-state index in [4.69, 9.17) is 0 Å². The molecule has 0 spiro atoms. The molecule has 0 aliphatic heterocycles. The number of rotatable bonds is 4. The number of aromatic hydroxyl groups is 1. The van der Waals surface area contributed by atoms with Crippen LogP contribution in [0, 0.1) is 0 Å². The maximum Gasteiger partial charge on any atom is 0.123 e. The summed E-state index contributed by atoms with van der Waals surface area (Å²) in [7, 11) is 0. The minimum absolute atomic E-state index is 0.306. The van der Waals surface area contributed by atoms with Gasteiger partial charge in [-0.25, -0.2) is 0 Å². The molecule has 0 saturated heterocycles. The van der Waals surface area contributed by atoms with Gasteiger partial charge in [-0.15, -0.1) is 0 Å². The van der Waals surface area contributed by atoms with Crippen molar-refractivity contribution < 1.29 is 5.11 Å². The average Bonchev–Trinajstić information content (AvgIpc) is 2.63. The van der Waals surface area contributed by atoms with Gasteiger partial charge in [0, 0.05) is 5.56 Å². The van der Waals surface area contributed by atoms with Crippen LogP contribution in [0.15, 0.2) is 78.9 Å². The molecule has 0 atom stereocenters. The zero-order valence-electron chi connectivity index (χ0n) is 14.6. The van der Waals surface area contributed by atoms with Crippen molar-refractivity contribution in [1.82, 2.24) is 0 Å². The maximum absolute atomic E-state index is 10.3. The van der Waals surface area contributed by atoms with Crippen molar-refractivity contribution in [1.29, 1.82) is 0 Å². The van der Waals surface area contributed by atoms with Crippen LogP contribution < -0.4 is 0 Å². The molecule has 0 heterocycles. The monoisotopic (exact) mass is 326 g/mol. The number of phenols is 1. The fraction of sp³-hybridized carbons (Fsp3) is 0.0833. The molecular formula is C24H22O. The standard InChI is InChI=1S/C24H22O/c1-18(15-20-9-5-3-6-10-20)22-13-14-24(25)23(17-22)19(2)16-21-11-7-4-8-12-21/h3-17,25H,1-2H3/b18-15+,19-16+. The van der Waals surface area contributed by atoms with E-state index in [1.54, 1.807) is 6.07 Å². The van der Waals surface area contributed by atoms with E-state index in [2.05, 4.69) is 49.4 Å². The van der Waals surface area contributed by atoms with Crippen LogP contribution in [0.5, 0.6) is 5.75 Å². The Kier molecular flexibility index (Phi) is 5.15. The van der Waals surface area contributed by atoms with Gasteiger partial charge in [0.1, 0.15) is 5.75 Å². The summed E-state index contributed by atoms with van der Waals surface area (Å²) in [5.41, 5.74) is 6.48. The minimum Gasteiger partial charge on any atom is -0.507 e. The highest BCUT2D eigenvalue weighted by Crippen LogP contribution is 2.30. The van der Waals surface area contributed by atoms with Crippen LogP contribution >= 0.6 is 0 Å². The largest absolute Gasteiger partial charge is 0.507 e. The number of phenolic OH excluding ortho intramolecular Hbond substituents is 1. The molecule has 0 saturated carbocycles. The minimum atomic E-state index is 0.306. The molecule has 1 nitrogen and oxygen atoms in total. The van der Waals surface area contributed by atoms with Gasteiger partial charge < -0.3 is 5.11 Å². The zero-order chi connectivity index (χ0) is 17.6. The summed E-state index contributed by atoms with van der Waals surface area (Å²) >= 11 is 0. The molecule has 0 fully saturated rings. The van der Waals surface area contributed by atoms with Crippen molar-refractivity contribution in [3.8, 4) is 5.75 Å². The molecule has 1 N–H and O–H groups in total. The summed E-state index contributed by atoms with van der Waals surface area (Å²) in [6.07, 6.45) is 4.25. The van der Waals surface area contributed by atoms with Crippen LogP contribution in [0.1, 0.15) is 36.1 Å². The Morgan fingerprint density at radius 1 is 0.680 bits per heavy atom. The van der Waals surface area contributed by atoms with E-state index >= 15 is 0 Å². The van der Waals surface area contributed by atoms with Gasteiger partial charge in [0.15, 0.2) is 0 Å². The van der Waals surface area contributed by atoms with Crippen molar-refractivity contribution in [2.75, 3.05) is 0 Å². The van der Waals surface area contributed by atoms with E-state index in [9.17, 15) is 5.11 Å². The van der Waals surface area contributed by atoms with Crippen LogP contribution in [0.25, 0.3) is 23.3 Å². The summed E-state index contributed by atoms with van der Waals surface area (Å²) in [5, 5.41) is 10.3. The molecule has 3 rings (SSSR count). The van der Waals surface area contributed by atoms with Crippen LogP contribution in [-0.2, 0) is 0 Å². The third-order valence-corrected chi connectivity index (χ3v) is 4.24. The fourth-order valence-electron chi connectivity index (χ4n) is 2.86. The molecular weight excluding hydrogens is 304 g/mol. The van der Waals surface area contributed by atoms with Gasteiger partial charge in [0.05, 0.1) is 0 Å². The predicted molar refractivity (Wildman–Crippen MR) is 108 cm³/mol. The average molecular weight is 326 g/mol. The van der Waals surface area contributed by atoms with Crippen molar-refractivity contribution in [2.24, 2.45) is 0 Å². The van der Waals surface area contributed by atoms with Gasteiger partial charge in [-0.2, -0.15) is 0 Å². The van der Waals surface area contributed by atoms with Crippen LogP contribution in [0.3, 0.4) is 0 Å². The van der Waals surface area contributed by atoms with Crippen molar-refractivity contribution in [2.45, 2.75) is 13.8 Å². The van der Waals surface area contributed by atoms with E-state index in [0.717, 1.165) is 22.3 Å². The molecule has 0 amide bonds. The highest BCUT2D eigenvalue weighted by molar-refractivity contribution is 5.86. The second-order valence-electron chi connectivity index (χ2n) is 6.21. The first-order chi connectivity index (χ1) is 12.1. The SMILES string of the molecule is C/C(=C\c1ccccc1)c1ccc(O)c(/C(C)=C/c2ccccc2)c1. The summed E-state index contributed by atoms with van der Waals surface area (Å²) < 4.78 is 0. The summed E-state index contributed by atoms with van der Waals surface area (Å²) in [6, 6.07) is 26.2. The number of hydrogen-bond donors (Lipinski definition) is 1. The lowest BCUT2D eigenvalue weighted by Gasteiger charge is -2.10. The Morgan fingerprint density at radius 3 is 1.76 bits per heavy atom. The van der Waals surface area contributed by atoms with Crippen molar-refractivity contribution >= 4 is 23.3 Å². The lowest BCUT2D eigenvalue weighted by atomic mass is 9.97. The molecule has 0 bridgehead atoms. The van der Waals surface area contributed by atoms with Crippen LogP contribution in [0.4, 0.5) is 0 Å². The van der Waals surface area contributed by atoms with E-state index in [1.807, 2.05) is 49.4 Å². The molecule has 25 heavy (non-hydrogen) atoms. The molecule has 0 aromatic heterocycles. The molecule has 124 valence electrons. The Bertz CT molecular complexity index is 903. The molecule has 0 aliphatic carbocycles. The number of hydrogen-bond acceptors (Lipinski definition) is 1. The van der Waals surface area contributed by atoms with Gasteiger partial charge in [0.2, 0.25) is 0 Å². The van der Waals surface area contributed by atoms with Crippen molar-refractivity contribution in [3.63, 3.8) is 0 Å². The second-order valence-corrected chi connectivity index (χ2v) is 6.21. The Balaban J connectivity index is 1.96. The third kappa shape index (κ3) is 4.27. The fourth-order valence-corrected chi connectivity index (χ4v) is 2.86. The van der Waals surface area contributed by atoms with Gasteiger partial charge in [-0.05, 0) is 53.8 Å². The smallest absolute Gasteiger partial charge is 0.123 e. The van der Waals surface area contributed by atoms with Gasteiger partial charge in [-0.3, -0.25) is 0 Å². The predicted octanol–water partition coefficient (Wildman–Crippen LogP) is 6.51. The Hall–Kier alpha value is -3.06. The zero-order valence-corrected chi connectivity index (χ0v) is 14.6. The van der Waals surface area contributed by atoms with Crippen molar-refractivity contribution in [3.05, 3.63) is 101 Å². The quantitative estimate of drug-likeness (QED) is 0.542. The maximum atomic E-state index is 10.3.